The van der Waals surface area contributed by atoms with Gasteiger partial charge in [0, 0.05) is 45.9 Å². The van der Waals surface area contributed by atoms with E-state index in [1.807, 2.05) is 131 Å². The van der Waals surface area contributed by atoms with Crippen LogP contribution in [0.1, 0.15) is 99.1 Å². The van der Waals surface area contributed by atoms with Gasteiger partial charge in [0.1, 0.15) is 11.3 Å². The molecule has 0 N–H and O–H groups in total. The Kier molecular flexibility index (Phi) is 12.8. The summed E-state index contributed by atoms with van der Waals surface area (Å²) in [6.45, 7) is 17.0. The normalized spacial score (nSPS) is 12.6. The zero-order valence-electron chi connectivity index (χ0n) is 41.9. The molecule has 0 aliphatic carbocycles. The predicted octanol–water partition coefficient (Wildman–Crippen LogP) is 17.2. The molecule has 68 heavy (non-hydrogen) atoms. The van der Waals surface area contributed by atoms with Crippen molar-refractivity contribution in [3.05, 3.63) is 198 Å². The minimum Gasteiger partial charge on any atom is -0.501 e. The van der Waals surface area contributed by atoms with Gasteiger partial charge in [-0.1, -0.05) is 150 Å². The molecule has 7 aromatic carbocycles. The first-order valence-electron chi connectivity index (χ1n) is 23.7. The van der Waals surface area contributed by atoms with E-state index in [0.717, 1.165) is 77.7 Å². The van der Waals surface area contributed by atoms with E-state index >= 15 is 0 Å². The minimum absolute atomic E-state index is 0. The summed E-state index contributed by atoms with van der Waals surface area (Å²) in [5.41, 5.74) is 12.0. The molecule has 0 aliphatic heterocycles. The Morgan fingerprint density at radius 1 is 0.662 bits per heavy atom. The van der Waals surface area contributed by atoms with Crippen molar-refractivity contribution in [3.63, 3.8) is 0 Å². The van der Waals surface area contributed by atoms with Gasteiger partial charge in [-0.05, 0) is 112 Å². The quantitative estimate of drug-likeness (QED) is 0.142. The van der Waals surface area contributed by atoms with E-state index in [4.69, 9.17) is 9.40 Å². The molecule has 10 aromatic rings. The molecular formula is C61H55F2IrN3O-2. The largest absolute Gasteiger partial charge is 0.501 e. The summed E-state index contributed by atoms with van der Waals surface area (Å²) in [5.74, 6) is -1.80. The van der Waals surface area contributed by atoms with E-state index < -0.39 is 17.5 Å². The van der Waals surface area contributed by atoms with Crippen LogP contribution in [0, 0.1) is 17.9 Å². The van der Waals surface area contributed by atoms with Gasteiger partial charge in [0.25, 0.3) is 0 Å². The summed E-state index contributed by atoms with van der Waals surface area (Å²) in [4.78, 5) is 9.61. The fraction of sp³-hybridized carbons (Fsp3) is 0.213. The fourth-order valence-electron chi connectivity index (χ4n) is 8.56. The molecule has 7 heteroatoms. The van der Waals surface area contributed by atoms with E-state index in [2.05, 4.69) is 78.9 Å². The second-order valence-electron chi connectivity index (χ2n) is 19.1. The molecule has 0 aliphatic rings. The molecular weight excluding hydrogens is 1020 g/mol. The van der Waals surface area contributed by atoms with Crippen molar-refractivity contribution in [1.82, 2.24) is 14.5 Å². The number of fused-ring (bicyclic) bond motifs is 4. The number of aromatic nitrogens is 3. The maximum atomic E-state index is 14.8. The van der Waals surface area contributed by atoms with Crippen molar-refractivity contribution < 1.29 is 36.0 Å². The molecule has 0 unspecified atom stereocenters. The van der Waals surface area contributed by atoms with Gasteiger partial charge in [-0.25, -0.2) is 4.39 Å². The Morgan fingerprint density at radius 2 is 1.31 bits per heavy atom. The van der Waals surface area contributed by atoms with Gasteiger partial charge in [-0.3, -0.25) is 9.37 Å². The standard InChI is InChI=1S/C46H40FN2O.C15H15FN.Ir/c1-28(2)38-25-33(31-19-22-34(23-20-31)46(5,6)47)26-39(29(3)4)43(38)49-41-18-11-10-17-40(41)48-45(49)37-16-12-15-36-35-24-21-32(27-42(35)50-44(36)37)30-13-8-7-9-14-30;1-15(2,3)12-6-9-14(17-10-12)11-4-7-13(16)8-5-11;/h7-15,17-29H,1-6H3;4,6-10H,1-3H3;/q2*-1;/i28D,29D;;. The van der Waals surface area contributed by atoms with E-state index in [-0.39, 0.29) is 31.3 Å². The Hall–Kier alpha value is -6.53. The molecule has 0 spiro atoms. The Balaban J connectivity index is 0.000000309. The molecule has 0 bridgehead atoms. The van der Waals surface area contributed by atoms with Crippen molar-refractivity contribution in [3.8, 4) is 50.6 Å². The average Bonchev–Trinajstić information content (AvgIpc) is 3.89. The van der Waals surface area contributed by atoms with Gasteiger partial charge in [-0.15, -0.1) is 48.0 Å². The van der Waals surface area contributed by atoms with Crippen molar-refractivity contribution >= 4 is 33.0 Å². The van der Waals surface area contributed by atoms with Crippen LogP contribution in [-0.4, -0.2) is 14.5 Å². The summed E-state index contributed by atoms with van der Waals surface area (Å²) < 4.78 is 55.4. The van der Waals surface area contributed by atoms with E-state index in [1.165, 1.54) is 17.7 Å². The number of furan rings is 1. The zero-order chi connectivity index (χ0) is 49.0. The van der Waals surface area contributed by atoms with E-state index in [0.29, 0.717) is 22.5 Å². The average molecular weight is 1080 g/mol. The SMILES string of the molecule is CC(C)(C)c1ccc(-c2[c-]cc(F)cc2)nc1.[2H]C(C)(C)c1cc(-c2ccc(C(C)(C)F)cc2)cc(C([2H])(C)C)c1-n1c(-c2[c-]ccc3c2oc2cc(-c4ccccc4)ccc23)nc2ccccc21.[Ir]. The summed E-state index contributed by atoms with van der Waals surface area (Å²) in [6.07, 6.45) is 1.87. The molecule has 10 rings (SSSR count). The third kappa shape index (κ3) is 9.61. The van der Waals surface area contributed by atoms with E-state index in [1.54, 1.807) is 19.9 Å². The number of alkyl halides is 1. The summed E-state index contributed by atoms with van der Waals surface area (Å²) in [6, 6.07) is 54.8. The summed E-state index contributed by atoms with van der Waals surface area (Å²) in [5, 5.41) is 1.96. The van der Waals surface area contributed by atoms with Crippen LogP contribution < -0.4 is 0 Å². The zero-order valence-corrected chi connectivity index (χ0v) is 42.2. The Morgan fingerprint density at radius 3 is 1.93 bits per heavy atom. The topological polar surface area (TPSA) is 43.9 Å². The number of para-hydroxylation sites is 2. The molecule has 0 amide bonds. The first-order chi connectivity index (χ1) is 32.6. The van der Waals surface area contributed by atoms with E-state index in [9.17, 15) is 11.5 Å². The third-order valence-electron chi connectivity index (χ3n) is 12.3. The Labute approximate surface area is 415 Å². The van der Waals surface area contributed by atoms with Gasteiger partial charge >= 0.3 is 0 Å². The second-order valence-corrected chi connectivity index (χ2v) is 19.1. The van der Waals surface area contributed by atoms with Gasteiger partial charge in [-0.2, -0.15) is 0 Å². The smallest absolute Gasteiger partial charge is 0.130 e. The van der Waals surface area contributed by atoms with Crippen molar-refractivity contribution in [1.29, 1.82) is 0 Å². The van der Waals surface area contributed by atoms with Crippen LogP contribution in [0.4, 0.5) is 8.78 Å². The third-order valence-corrected chi connectivity index (χ3v) is 12.3. The molecule has 3 aromatic heterocycles. The number of halogens is 2. The maximum absolute atomic E-state index is 14.8. The molecule has 345 valence electrons. The van der Waals surface area contributed by atoms with Gasteiger partial charge < -0.3 is 14.0 Å². The molecule has 1 radical (unpaired) electrons. The monoisotopic (exact) mass is 1080 g/mol. The summed E-state index contributed by atoms with van der Waals surface area (Å²) >= 11 is 0. The second kappa shape index (κ2) is 19.2. The van der Waals surface area contributed by atoms with Crippen LogP contribution in [0.5, 0.6) is 0 Å². The number of hydrogen-bond donors (Lipinski definition) is 0. The maximum Gasteiger partial charge on any atom is 0.130 e. The molecule has 0 saturated carbocycles. The Bertz CT molecular complexity index is 3430. The van der Waals surface area contributed by atoms with Crippen LogP contribution in [0.25, 0.3) is 83.6 Å². The molecule has 4 nitrogen and oxygen atoms in total. The van der Waals surface area contributed by atoms with Crippen LogP contribution in [-0.2, 0) is 31.2 Å². The number of benzene rings is 7. The number of imidazole rings is 1. The van der Waals surface area contributed by atoms with Gasteiger partial charge in [0.05, 0.1) is 22.4 Å². The first-order valence-corrected chi connectivity index (χ1v) is 22.7. The number of nitrogens with zero attached hydrogens (tertiary/aromatic N) is 3. The molecule has 0 saturated heterocycles. The number of hydrogen-bond acceptors (Lipinski definition) is 3. The van der Waals surface area contributed by atoms with Gasteiger partial charge in [0.2, 0.25) is 0 Å². The van der Waals surface area contributed by atoms with Crippen molar-refractivity contribution in [2.24, 2.45) is 0 Å². The van der Waals surface area contributed by atoms with Crippen LogP contribution in [0.15, 0.2) is 162 Å². The molecule has 0 fully saturated rings. The van der Waals surface area contributed by atoms with Crippen molar-refractivity contribution in [2.75, 3.05) is 0 Å². The molecule has 3 heterocycles. The van der Waals surface area contributed by atoms with Crippen LogP contribution in [0.2, 0.25) is 0 Å². The minimum atomic E-state index is -1.46. The van der Waals surface area contributed by atoms with Crippen LogP contribution >= 0.6 is 0 Å². The molecule has 0 atom stereocenters. The predicted molar refractivity (Wildman–Crippen MR) is 273 cm³/mol. The fourth-order valence-corrected chi connectivity index (χ4v) is 8.56. The number of pyridine rings is 1. The summed E-state index contributed by atoms with van der Waals surface area (Å²) in [7, 11) is 0. The van der Waals surface area contributed by atoms with Gasteiger partial charge in [0.15, 0.2) is 0 Å². The number of rotatable bonds is 8. The van der Waals surface area contributed by atoms with Crippen LogP contribution in [0.3, 0.4) is 0 Å². The van der Waals surface area contributed by atoms with Crippen molar-refractivity contribution in [2.45, 2.75) is 85.2 Å². The first kappa shape index (κ1) is 45.3.